The lowest BCUT2D eigenvalue weighted by Crippen LogP contribution is -2.42. The van der Waals surface area contributed by atoms with Crippen molar-refractivity contribution in [2.45, 2.75) is 50.1 Å². The van der Waals surface area contributed by atoms with Gasteiger partial charge in [0.2, 0.25) is 0 Å². The first-order valence-corrected chi connectivity index (χ1v) is 12.3. The topological polar surface area (TPSA) is 63.8 Å². The normalized spacial score (nSPS) is 21.8. The average Bonchev–Trinajstić information content (AvgIpc) is 3.22. The van der Waals surface area contributed by atoms with Crippen LogP contribution in [0, 0.1) is 11.8 Å². The number of aromatic nitrogens is 1. The summed E-state index contributed by atoms with van der Waals surface area (Å²) in [6, 6.07) is 7.77. The second kappa shape index (κ2) is 10.2. The molecule has 178 valence electrons. The van der Waals surface area contributed by atoms with Crippen molar-refractivity contribution in [2.24, 2.45) is 0 Å². The molecule has 1 aliphatic carbocycles. The number of carbonyl (C=O) groups excluding carboxylic acids is 1. The summed E-state index contributed by atoms with van der Waals surface area (Å²) in [6.07, 6.45) is 7.41. The number of hydrogen-bond donors (Lipinski definition) is 1. The van der Waals surface area contributed by atoms with Gasteiger partial charge in [0.25, 0.3) is 0 Å². The standard InChI is InChI=1S/C27H29ClN2O4/c1-2-3-14-33-27(31)30-13-10-22-23-17-19(28)6-9-24(23)29-25(22)26(30)18-4-7-20(8-5-18)34-21-11-15-32-16-12-21/h4-5,7-9,17,19,21,26,29H,6,10-16H2,1H3. The molecule has 7 heteroatoms. The van der Waals surface area contributed by atoms with Crippen LogP contribution in [0.4, 0.5) is 4.79 Å². The minimum absolute atomic E-state index is 0.0110. The lowest BCUT2D eigenvalue weighted by molar-refractivity contribution is 0.0255. The van der Waals surface area contributed by atoms with Crippen LogP contribution in [-0.2, 0) is 15.9 Å². The monoisotopic (exact) mass is 480 g/mol. The van der Waals surface area contributed by atoms with E-state index in [1.807, 2.05) is 24.3 Å². The number of aromatic amines is 1. The number of H-pyrrole nitrogens is 1. The van der Waals surface area contributed by atoms with E-state index in [4.69, 9.17) is 25.8 Å². The van der Waals surface area contributed by atoms with Gasteiger partial charge >= 0.3 is 6.09 Å². The lowest BCUT2D eigenvalue weighted by Gasteiger charge is -2.35. The van der Waals surface area contributed by atoms with Gasteiger partial charge in [-0.15, -0.1) is 17.5 Å². The first-order valence-electron chi connectivity index (χ1n) is 11.9. The van der Waals surface area contributed by atoms with E-state index in [1.54, 1.807) is 11.8 Å². The molecule has 3 heterocycles. The van der Waals surface area contributed by atoms with Gasteiger partial charge in [-0.3, -0.25) is 4.90 Å². The zero-order valence-electron chi connectivity index (χ0n) is 19.3. The Kier molecular flexibility index (Phi) is 6.85. The molecule has 2 unspecified atom stereocenters. The van der Waals surface area contributed by atoms with Crippen molar-refractivity contribution < 1.29 is 19.0 Å². The number of nitrogens with zero attached hydrogens (tertiary/aromatic N) is 1. The van der Waals surface area contributed by atoms with Gasteiger partial charge in [0, 0.05) is 35.6 Å². The van der Waals surface area contributed by atoms with Gasteiger partial charge in [-0.2, -0.15) is 0 Å². The third kappa shape index (κ3) is 4.68. The predicted octanol–water partition coefficient (Wildman–Crippen LogP) is 3.25. The number of amides is 1. The van der Waals surface area contributed by atoms with E-state index >= 15 is 0 Å². The van der Waals surface area contributed by atoms with Crippen LogP contribution in [0.2, 0.25) is 0 Å². The molecule has 1 aromatic carbocycles. The number of alkyl halides is 1. The van der Waals surface area contributed by atoms with E-state index in [-0.39, 0.29) is 30.2 Å². The van der Waals surface area contributed by atoms with E-state index in [0.29, 0.717) is 6.54 Å². The number of benzene rings is 1. The third-order valence-corrected chi connectivity index (χ3v) is 6.94. The number of halogens is 1. The number of rotatable bonds is 4. The molecule has 1 N–H and O–H groups in total. The van der Waals surface area contributed by atoms with Crippen LogP contribution in [0.15, 0.2) is 24.3 Å². The number of ether oxygens (including phenoxy) is 3. The number of fused-ring (bicyclic) bond motifs is 3. The molecular formula is C27H29ClN2O4. The highest BCUT2D eigenvalue weighted by Gasteiger charge is 2.35. The summed E-state index contributed by atoms with van der Waals surface area (Å²) in [5.74, 6) is 6.40. The Labute approximate surface area is 204 Å². The highest BCUT2D eigenvalue weighted by molar-refractivity contribution is 6.24. The van der Waals surface area contributed by atoms with E-state index in [9.17, 15) is 4.79 Å². The predicted molar refractivity (Wildman–Crippen MR) is 131 cm³/mol. The number of nitrogens with one attached hydrogen (secondary N) is 1. The molecule has 5 rings (SSSR count). The lowest BCUT2D eigenvalue weighted by atomic mass is 9.92. The fourth-order valence-corrected chi connectivity index (χ4v) is 5.17. The zero-order valence-corrected chi connectivity index (χ0v) is 20.1. The highest BCUT2D eigenvalue weighted by atomic mass is 35.5. The average molecular weight is 481 g/mol. The van der Waals surface area contributed by atoms with Gasteiger partial charge < -0.3 is 19.2 Å². The molecule has 1 saturated heterocycles. The Morgan fingerprint density at radius 2 is 2.06 bits per heavy atom. The van der Waals surface area contributed by atoms with Crippen molar-refractivity contribution in [3.8, 4) is 17.6 Å². The molecule has 0 saturated carbocycles. The van der Waals surface area contributed by atoms with E-state index in [2.05, 4.69) is 29.0 Å². The van der Waals surface area contributed by atoms with Gasteiger partial charge in [0.1, 0.15) is 17.9 Å². The molecule has 1 fully saturated rings. The van der Waals surface area contributed by atoms with E-state index < -0.39 is 0 Å². The Bertz CT molecular complexity index is 1220. The van der Waals surface area contributed by atoms with Gasteiger partial charge in [0.05, 0.1) is 18.6 Å². The second-order valence-corrected chi connectivity index (χ2v) is 9.35. The quantitative estimate of drug-likeness (QED) is 0.539. The van der Waals surface area contributed by atoms with Crippen LogP contribution in [0.3, 0.4) is 0 Å². The van der Waals surface area contributed by atoms with Gasteiger partial charge in [-0.25, -0.2) is 4.79 Å². The summed E-state index contributed by atoms with van der Waals surface area (Å²) in [5.41, 5.74) is 3.24. The molecule has 0 spiro atoms. The van der Waals surface area contributed by atoms with Crippen molar-refractivity contribution in [3.05, 3.63) is 51.7 Å². The van der Waals surface area contributed by atoms with Gasteiger partial charge in [-0.1, -0.05) is 30.2 Å². The van der Waals surface area contributed by atoms with E-state index in [1.165, 1.54) is 5.56 Å². The zero-order chi connectivity index (χ0) is 23.5. The number of hydrogen-bond acceptors (Lipinski definition) is 4. The van der Waals surface area contributed by atoms with Crippen molar-refractivity contribution in [1.82, 2.24) is 9.88 Å². The fraction of sp³-hybridized carbons (Fsp3) is 0.444. The summed E-state index contributed by atoms with van der Waals surface area (Å²) in [5, 5.41) is 2.23. The van der Waals surface area contributed by atoms with Gasteiger partial charge in [-0.05, 0) is 43.0 Å². The van der Waals surface area contributed by atoms with Crippen LogP contribution in [0.5, 0.6) is 5.75 Å². The first-order chi connectivity index (χ1) is 16.6. The molecule has 1 amide bonds. The fourth-order valence-electron chi connectivity index (χ4n) is 4.96. The first kappa shape index (κ1) is 22.9. The Morgan fingerprint density at radius 3 is 2.82 bits per heavy atom. The highest BCUT2D eigenvalue weighted by Crippen LogP contribution is 2.34. The molecule has 1 aromatic heterocycles. The van der Waals surface area contributed by atoms with E-state index in [0.717, 1.165) is 66.5 Å². The molecular weight excluding hydrogens is 452 g/mol. The summed E-state index contributed by atoms with van der Waals surface area (Å²) < 4.78 is 17.0. The molecule has 34 heavy (non-hydrogen) atoms. The smallest absolute Gasteiger partial charge is 0.411 e. The summed E-state index contributed by atoms with van der Waals surface area (Å²) in [7, 11) is 0. The van der Waals surface area contributed by atoms with Crippen LogP contribution in [0.25, 0.3) is 12.2 Å². The second-order valence-electron chi connectivity index (χ2n) is 8.79. The maximum atomic E-state index is 13.0. The molecule has 2 atom stereocenters. The van der Waals surface area contributed by atoms with Gasteiger partial charge in [0.15, 0.2) is 6.61 Å². The van der Waals surface area contributed by atoms with Crippen molar-refractivity contribution in [3.63, 3.8) is 0 Å². The summed E-state index contributed by atoms with van der Waals surface area (Å²) in [6.45, 7) is 3.85. The molecule has 6 nitrogen and oxygen atoms in total. The maximum Gasteiger partial charge on any atom is 0.411 e. The molecule has 3 aliphatic rings. The van der Waals surface area contributed by atoms with Crippen LogP contribution < -0.4 is 15.3 Å². The Balaban J connectivity index is 1.48. The molecule has 2 aliphatic heterocycles. The largest absolute Gasteiger partial charge is 0.490 e. The van der Waals surface area contributed by atoms with Crippen LogP contribution >= 0.6 is 11.6 Å². The Hall–Kier alpha value is -2.88. The van der Waals surface area contributed by atoms with Crippen molar-refractivity contribution >= 4 is 29.8 Å². The summed E-state index contributed by atoms with van der Waals surface area (Å²) in [4.78, 5) is 18.4. The number of carbonyl (C=O) groups is 1. The van der Waals surface area contributed by atoms with Crippen molar-refractivity contribution in [2.75, 3.05) is 26.4 Å². The van der Waals surface area contributed by atoms with Crippen LogP contribution in [-0.4, -0.2) is 53.8 Å². The van der Waals surface area contributed by atoms with Crippen molar-refractivity contribution in [1.29, 1.82) is 0 Å². The Morgan fingerprint density at radius 1 is 1.26 bits per heavy atom. The molecule has 2 aromatic rings. The summed E-state index contributed by atoms with van der Waals surface area (Å²) >= 11 is 6.42. The molecule has 0 bridgehead atoms. The third-order valence-electron chi connectivity index (χ3n) is 6.64. The maximum absolute atomic E-state index is 13.0. The molecule has 0 radical (unpaired) electrons. The minimum Gasteiger partial charge on any atom is -0.490 e. The SMILES string of the molecule is CC#CCOC(=O)N1CCc2c([nH]c3c2=CC(Cl)CC=3)C1c1ccc(OC2CCOCC2)cc1. The van der Waals surface area contributed by atoms with Crippen LogP contribution in [0.1, 0.15) is 49.0 Å². The minimum atomic E-state index is -0.364.